The number of methoxy groups -OCH3 is 1. The number of rotatable bonds is 7. The lowest BCUT2D eigenvalue weighted by atomic mass is 9.93. The van der Waals surface area contributed by atoms with Gasteiger partial charge in [0.25, 0.3) is 0 Å². The molecule has 3 aromatic rings. The lowest BCUT2D eigenvalue weighted by Gasteiger charge is -2.37. The van der Waals surface area contributed by atoms with Gasteiger partial charge in [-0.3, -0.25) is 4.79 Å². The molecule has 1 aliphatic carbocycles. The fourth-order valence-electron chi connectivity index (χ4n) is 4.60. The lowest BCUT2D eigenvalue weighted by Crippen LogP contribution is -2.47. The van der Waals surface area contributed by atoms with Gasteiger partial charge in [0.05, 0.1) is 31.0 Å². The predicted molar refractivity (Wildman–Crippen MR) is 123 cm³/mol. The van der Waals surface area contributed by atoms with E-state index in [9.17, 15) is 4.79 Å². The molecule has 2 aromatic heterocycles. The number of carbonyl (C=O) groups excluding carboxylic acids is 1. The topological polar surface area (TPSA) is 78.1 Å². The zero-order valence-electron chi connectivity index (χ0n) is 19.4. The van der Waals surface area contributed by atoms with Gasteiger partial charge in [0.2, 0.25) is 5.91 Å². The third-order valence-electron chi connectivity index (χ3n) is 6.11. The van der Waals surface area contributed by atoms with Crippen LogP contribution in [0.1, 0.15) is 51.6 Å². The van der Waals surface area contributed by atoms with Crippen molar-refractivity contribution in [3.63, 3.8) is 0 Å². The van der Waals surface area contributed by atoms with E-state index in [0.29, 0.717) is 17.5 Å². The minimum Gasteiger partial charge on any atom is -0.495 e. The molecule has 1 amide bonds. The van der Waals surface area contributed by atoms with E-state index in [2.05, 4.69) is 29.1 Å². The lowest BCUT2D eigenvalue weighted by molar-refractivity contribution is -0.137. The predicted octanol–water partition coefficient (Wildman–Crippen LogP) is 4.02. The fraction of sp³-hybridized carbons (Fsp3) is 0.500. The van der Waals surface area contributed by atoms with Gasteiger partial charge in [-0.1, -0.05) is 30.5 Å². The Balaban J connectivity index is 1.51. The number of ether oxygens (including phenoxy) is 1. The summed E-state index contributed by atoms with van der Waals surface area (Å²) in [7, 11) is 1.65. The molecule has 0 spiro atoms. The summed E-state index contributed by atoms with van der Waals surface area (Å²) in [6.45, 7) is 6.33. The molecule has 0 aliphatic heterocycles. The Morgan fingerprint density at radius 3 is 2.66 bits per heavy atom. The molecule has 2 heterocycles. The van der Waals surface area contributed by atoms with Crippen molar-refractivity contribution in [1.82, 2.24) is 29.4 Å². The van der Waals surface area contributed by atoms with Crippen LogP contribution >= 0.6 is 0 Å². The van der Waals surface area contributed by atoms with Gasteiger partial charge in [-0.05, 0) is 45.7 Å². The van der Waals surface area contributed by atoms with Crippen molar-refractivity contribution in [2.45, 2.75) is 71.5 Å². The van der Waals surface area contributed by atoms with Crippen LogP contribution in [0.25, 0.3) is 16.9 Å². The molecule has 1 aliphatic rings. The van der Waals surface area contributed by atoms with Gasteiger partial charge in [-0.15, -0.1) is 5.10 Å². The van der Waals surface area contributed by atoms with E-state index in [1.165, 1.54) is 19.3 Å². The molecule has 8 heteroatoms. The van der Waals surface area contributed by atoms with Crippen molar-refractivity contribution in [1.29, 1.82) is 0 Å². The maximum atomic E-state index is 13.1. The zero-order chi connectivity index (χ0) is 22.7. The maximum Gasteiger partial charge on any atom is 0.244 e. The van der Waals surface area contributed by atoms with Crippen LogP contribution in [0.2, 0.25) is 0 Å². The van der Waals surface area contributed by atoms with E-state index in [-0.39, 0.29) is 18.5 Å². The van der Waals surface area contributed by atoms with Gasteiger partial charge in [0.15, 0.2) is 0 Å². The summed E-state index contributed by atoms with van der Waals surface area (Å²) in [4.78, 5) is 19.4. The first-order valence-corrected chi connectivity index (χ1v) is 11.4. The number of benzene rings is 1. The number of aromatic nitrogens is 5. The number of carbonyl (C=O) groups is 1. The standard InChI is InChI=1S/C24H32N6O2/c1-17(2)30(20-8-6-5-7-9-20)24(31)15-29-14-21(26-27-29)19-10-11-22(23(12-19)32-4)28-13-18(3)25-16-28/h10-14,16-17,20H,5-9,15H2,1-4H3. The highest BCUT2D eigenvalue weighted by molar-refractivity contribution is 5.76. The molecular formula is C24H32N6O2. The fourth-order valence-corrected chi connectivity index (χ4v) is 4.60. The molecule has 8 nitrogen and oxygen atoms in total. The van der Waals surface area contributed by atoms with Crippen LogP contribution in [0.5, 0.6) is 5.75 Å². The Labute approximate surface area is 189 Å². The molecule has 170 valence electrons. The number of aryl methyl sites for hydroxylation is 1. The second-order valence-electron chi connectivity index (χ2n) is 8.80. The first-order valence-electron chi connectivity index (χ1n) is 11.4. The average molecular weight is 437 g/mol. The monoisotopic (exact) mass is 436 g/mol. The molecule has 1 aromatic carbocycles. The SMILES string of the molecule is COc1cc(-c2cn(CC(=O)N(C(C)C)C3CCCCC3)nn2)ccc1-n1cnc(C)c1. The molecule has 0 radical (unpaired) electrons. The van der Waals surface area contributed by atoms with Gasteiger partial charge < -0.3 is 14.2 Å². The van der Waals surface area contributed by atoms with Gasteiger partial charge >= 0.3 is 0 Å². The molecule has 0 N–H and O–H groups in total. The number of imidazole rings is 1. The summed E-state index contributed by atoms with van der Waals surface area (Å²) in [5.74, 6) is 0.820. The molecule has 0 atom stereocenters. The number of hydrogen-bond donors (Lipinski definition) is 0. The third-order valence-corrected chi connectivity index (χ3v) is 6.11. The summed E-state index contributed by atoms with van der Waals surface area (Å²) in [6.07, 6.45) is 11.4. The van der Waals surface area contributed by atoms with Crippen molar-refractivity contribution >= 4 is 5.91 Å². The summed E-state index contributed by atoms with van der Waals surface area (Å²) in [5, 5.41) is 8.53. The number of nitrogens with zero attached hydrogens (tertiary/aromatic N) is 6. The van der Waals surface area contributed by atoms with Gasteiger partial charge in [0, 0.05) is 23.8 Å². The molecule has 1 fully saturated rings. The Kier molecular flexibility index (Phi) is 6.58. The second kappa shape index (κ2) is 9.54. The van der Waals surface area contributed by atoms with Crippen molar-refractivity contribution in [3.8, 4) is 22.7 Å². The summed E-state index contributed by atoms with van der Waals surface area (Å²) >= 11 is 0. The summed E-state index contributed by atoms with van der Waals surface area (Å²) in [5.41, 5.74) is 3.43. The summed E-state index contributed by atoms with van der Waals surface area (Å²) < 4.78 is 9.17. The Bertz CT molecular complexity index is 1060. The van der Waals surface area contributed by atoms with E-state index in [1.54, 1.807) is 18.1 Å². The van der Waals surface area contributed by atoms with Crippen molar-refractivity contribution in [2.75, 3.05) is 7.11 Å². The van der Waals surface area contributed by atoms with Crippen LogP contribution in [0, 0.1) is 6.92 Å². The highest BCUT2D eigenvalue weighted by Gasteiger charge is 2.27. The van der Waals surface area contributed by atoms with Crippen LogP contribution in [0.3, 0.4) is 0 Å². The Morgan fingerprint density at radius 2 is 2.00 bits per heavy atom. The Hall–Kier alpha value is -3.16. The maximum absolute atomic E-state index is 13.1. The van der Waals surface area contributed by atoms with E-state index < -0.39 is 0 Å². The van der Waals surface area contributed by atoms with Crippen molar-refractivity contribution < 1.29 is 9.53 Å². The number of hydrogen-bond acceptors (Lipinski definition) is 5. The van der Waals surface area contributed by atoms with Crippen molar-refractivity contribution in [2.24, 2.45) is 0 Å². The molecule has 1 saturated carbocycles. The second-order valence-corrected chi connectivity index (χ2v) is 8.80. The number of amides is 1. The first-order chi connectivity index (χ1) is 15.5. The normalized spacial score (nSPS) is 14.7. The summed E-state index contributed by atoms with van der Waals surface area (Å²) in [6, 6.07) is 6.40. The minimum absolute atomic E-state index is 0.103. The molecule has 0 saturated heterocycles. The Morgan fingerprint density at radius 1 is 1.22 bits per heavy atom. The molecule has 32 heavy (non-hydrogen) atoms. The molecular weight excluding hydrogens is 404 g/mol. The van der Waals surface area contributed by atoms with E-state index in [4.69, 9.17) is 4.74 Å². The average Bonchev–Trinajstić information content (AvgIpc) is 3.43. The molecule has 0 bridgehead atoms. The largest absolute Gasteiger partial charge is 0.495 e. The zero-order valence-corrected chi connectivity index (χ0v) is 19.4. The van der Waals surface area contributed by atoms with Crippen LogP contribution in [-0.2, 0) is 11.3 Å². The van der Waals surface area contributed by atoms with Crippen LogP contribution < -0.4 is 4.74 Å². The molecule has 0 unspecified atom stereocenters. The van der Waals surface area contributed by atoms with Gasteiger partial charge in [-0.2, -0.15) is 0 Å². The minimum atomic E-state index is 0.103. The van der Waals surface area contributed by atoms with Gasteiger partial charge in [-0.25, -0.2) is 9.67 Å². The smallest absolute Gasteiger partial charge is 0.244 e. The van der Waals surface area contributed by atoms with Crippen LogP contribution in [-0.4, -0.2) is 54.5 Å². The molecule has 4 rings (SSSR count). The third kappa shape index (κ3) is 4.69. The first kappa shape index (κ1) is 22.0. The van der Waals surface area contributed by atoms with E-state index in [1.807, 2.05) is 47.0 Å². The van der Waals surface area contributed by atoms with Crippen LogP contribution in [0.4, 0.5) is 0 Å². The highest BCUT2D eigenvalue weighted by Crippen LogP contribution is 2.29. The van der Waals surface area contributed by atoms with Crippen molar-refractivity contribution in [3.05, 3.63) is 42.6 Å². The quantitative estimate of drug-likeness (QED) is 0.559. The van der Waals surface area contributed by atoms with E-state index >= 15 is 0 Å². The van der Waals surface area contributed by atoms with Gasteiger partial charge in [0.1, 0.15) is 18.0 Å². The van der Waals surface area contributed by atoms with Crippen LogP contribution in [0.15, 0.2) is 36.9 Å². The highest BCUT2D eigenvalue weighted by atomic mass is 16.5. The van der Waals surface area contributed by atoms with E-state index in [0.717, 1.165) is 29.8 Å².